The second kappa shape index (κ2) is 6.61. The van der Waals surface area contributed by atoms with Gasteiger partial charge in [-0.15, -0.1) is 0 Å². The van der Waals surface area contributed by atoms with E-state index in [-0.39, 0.29) is 0 Å². The molecule has 0 radical (unpaired) electrons. The van der Waals surface area contributed by atoms with Gasteiger partial charge in [0.25, 0.3) is 0 Å². The molecule has 0 bridgehead atoms. The molecule has 0 aromatic heterocycles. The molecule has 0 saturated carbocycles. The Labute approximate surface area is 102 Å². The molecular weight excluding hydrogens is 196 g/mol. The maximum Gasteiger partial charge on any atom is 0.0202 e. The van der Waals surface area contributed by atoms with Gasteiger partial charge in [0.05, 0.1) is 0 Å². The maximum absolute atomic E-state index is 3.66. The lowest BCUT2D eigenvalue weighted by Gasteiger charge is -2.42. The van der Waals surface area contributed by atoms with Crippen molar-refractivity contribution in [3.8, 4) is 0 Å². The summed E-state index contributed by atoms with van der Waals surface area (Å²) in [6.07, 6.45) is 6.45. The highest BCUT2D eigenvalue weighted by molar-refractivity contribution is 4.89. The molecule has 0 aliphatic carbocycles. The highest BCUT2D eigenvalue weighted by Crippen LogP contribution is 2.28. The third-order valence-electron chi connectivity index (χ3n) is 4.70. The van der Waals surface area contributed by atoms with Crippen LogP contribution in [0.2, 0.25) is 0 Å². The van der Waals surface area contributed by atoms with Crippen molar-refractivity contribution in [2.75, 3.05) is 19.6 Å². The summed E-state index contributed by atoms with van der Waals surface area (Å²) in [4.78, 5) is 2.75. The van der Waals surface area contributed by atoms with Crippen molar-refractivity contribution in [1.82, 2.24) is 10.2 Å². The molecule has 1 atom stereocenters. The quantitative estimate of drug-likeness (QED) is 0.775. The molecule has 1 N–H and O–H groups in total. The lowest BCUT2D eigenvalue weighted by atomic mass is 9.87. The van der Waals surface area contributed by atoms with Gasteiger partial charge in [0.15, 0.2) is 0 Å². The monoisotopic (exact) mass is 226 g/mol. The van der Waals surface area contributed by atoms with E-state index in [4.69, 9.17) is 0 Å². The number of hydrogen-bond donors (Lipinski definition) is 1. The van der Waals surface area contributed by atoms with Crippen LogP contribution in [0.15, 0.2) is 0 Å². The Kier molecular flexibility index (Phi) is 5.77. The molecule has 2 heteroatoms. The van der Waals surface area contributed by atoms with Crippen LogP contribution in [0.25, 0.3) is 0 Å². The van der Waals surface area contributed by atoms with Gasteiger partial charge in [0.2, 0.25) is 0 Å². The summed E-state index contributed by atoms with van der Waals surface area (Å²) < 4.78 is 0. The molecule has 2 nitrogen and oxygen atoms in total. The van der Waals surface area contributed by atoms with Crippen LogP contribution >= 0.6 is 0 Å². The first-order valence-electron chi connectivity index (χ1n) is 7.20. The number of nitrogens with zero attached hydrogens (tertiary/aromatic N) is 1. The molecule has 1 unspecified atom stereocenters. The summed E-state index contributed by atoms with van der Waals surface area (Å²) >= 11 is 0. The van der Waals surface area contributed by atoms with Gasteiger partial charge < -0.3 is 5.32 Å². The Morgan fingerprint density at radius 2 is 1.69 bits per heavy atom. The summed E-state index contributed by atoms with van der Waals surface area (Å²) in [5, 5.41) is 3.66. The van der Waals surface area contributed by atoms with Crippen LogP contribution in [0.3, 0.4) is 0 Å². The molecule has 0 amide bonds. The van der Waals surface area contributed by atoms with Crippen LogP contribution in [0.5, 0.6) is 0 Å². The van der Waals surface area contributed by atoms with Crippen LogP contribution in [-0.2, 0) is 0 Å². The minimum atomic E-state index is 0.463. The maximum atomic E-state index is 3.66. The van der Waals surface area contributed by atoms with E-state index < -0.39 is 0 Å². The minimum absolute atomic E-state index is 0.463. The Hall–Kier alpha value is -0.0800. The van der Waals surface area contributed by atoms with Gasteiger partial charge in [-0.3, -0.25) is 4.90 Å². The standard InChI is InChI=1S/C14H30N2/c1-5-13-9-11-16(12-10-15-13)14(6-2,7-3)8-4/h13,15H,5-12H2,1-4H3. The third kappa shape index (κ3) is 2.98. The molecular formula is C14H30N2. The van der Waals surface area contributed by atoms with Crippen molar-refractivity contribution < 1.29 is 0 Å². The Bertz CT molecular complexity index is 179. The summed E-state index contributed by atoms with van der Waals surface area (Å²) in [5.41, 5.74) is 0.463. The van der Waals surface area contributed by atoms with Crippen LogP contribution in [0.4, 0.5) is 0 Å². The Morgan fingerprint density at radius 1 is 1.06 bits per heavy atom. The van der Waals surface area contributed by atoms with E-state index >= 15 is 0 Å². The lowest BCUT2D eigenvalue weighted by molar-refractivity contribution is 0.0799. The van der Waals surface area contributed by atoms with Crippen molar-refractivity contribution in [3.05, 3.63) is 0 Å². The van der Waals surface area contributed by atoms with E-state index in [0.717, 1.165) is 6.04 Å². The summed E-state index contributed by atoms with van der Waals surface area (Å²) in [6, 6.07) is 0.744. The fourth-order valence-corrected chi connectivity index (χ4v) is 3.17. The van der Waals surface area contributed by atoms with E-state index in [9.17, 15) is 0 Å². The zero-order valence-electron chi connectivity index (χ0n) is 11.7. The van der Waals surface area contributed by atoms with Gasteiger partial charge in [0, 0.05) is 31.2 Å². The Morgan fingerprint density at radius 3 is 2.19 bits per heavy atom. The smallest absolute Gasteiger partial charge is 0.0202 e. The first-order chi connectivity index (χ1) is 7.72. The average Bonchev–Trinajstić information content (AvgIpc) is 2.58. The van der Waals surface area contributed by atoms with E-state index in [2.05, 4.69) is 37.9 Å². The summed E-state index contributed by atoms with van der Waals surface area (Å²) in [6.45, 7) is 13.0. The van der Waals surface area contributed by atoms with Crippen LogP contribution in [0, 0.1) is 0 Å². The molecule has 1 aliphatic rings. The van der Waals surface area contributed by atoms with E-state index in [1.807, 2.05) is 0 Å². The van der Waals surface area contributed by atoms with Crippen LogP contribution < -0.4 is 5.32 Å². The van der Waals surface area contributed by atoms with E-state index in [0.29, 0.717) is 5.54 Å². The highest BCUT2D eigenvalue weighted by Gasteiger charge is 2.32. The van der Waals surface area contributed by atoms with Crippen molar-refractivity contribution in [1.29, 1.82) is 0 Å². The van der Waals surface area contributed by atoms with Gasteiger partial charge in [-0.1, -0.05) is 27.7 Å². The van der Waals surface area contributed by atoms with Crippen molar-refractivity contribution >= 4 is 0 Å². The SMILES string of the molecule is CCC1CCN(C(CC)(CC)CC)CCN1. The fraction of sp³-hybridized carbons (Fsp3) is 1.00. The van der Waals surface area contributed by atoms with E-state index in [1.165, 1.54) is 51.7 Å². The summed E-state index contributed by atoms with van der Waals surface area (Å²) in [5.74, 6) is 0. The Balaban J connectivity index is 2.64. The highest BCUT2D eigenvalue weighted by atomic mass is 15.2. The molecule has 1 saturated heterocycles. The third-order valence-corrected chi connectivity index (χ3v) is 4.70. The predicted molar refractivity (Wildman–Crippen MR) is 71.9 cm³/mol. The van der Waals surface area contributed by atoms with E-state index in [1.54, 1.807) is 0 Å². The molecule has 16 heavy (non-hydrogen) atoms. The average molecular weight is 226 g/mol. The molecule has 0 spiro atoms. The van der Waals surface area contributed by atoms with Gasteiger partial charge in [-0.25, -0.2) is 0 Å². The van der Waals surface area contributed by atoms with Gasteiger partial charge in [-0.2, -0.15) is 0 Å². The summed E-state index contributed by atoms with van der Waals surface area (Å²) in [7, 11) is 0. The van der Waals surface area contributed by atoms with Crippen LogP contribution in [-0.4, -0.2) is 36.1 Å². The molecule has 0 aromatic rings. The van der Waals surface area contributed by atoms with Gasteiger partial charge in [-0.05, 0) is 32.1 Å². The second-order valence-electron chi connectivity index (χ2n) is 5.12. The molecule has 1 heterocycles. The first kappa shape index (κ1) is 14.0. The number of rotatable bonds is 5. The normalized spacial score (nSPS) is 24.4. The van der Waals surface area contributed by atoms with Gasteiger partial charge in [0.1, 0.15) is 0 Å². The lowest BCUT2D eigenvalue weighted by Crippen LogP contribution is -2.49. The van der Waals surface area contributed by atoms with Crippen LogP contribution in [0.1, 0.15) is 59.8 Å². The predicted octanol–water partition coefficient (Wildman–Crippen LogP) is 3.03. The van der Waals surface area contributed by atoms with Gasteiger partial charge >= 0.3 is 0 Å². The van der Waals surface area contributed by atoms with Crippen molar-refractivity contribution in [3.63, 3.8) is 0 Å². The zero-order valence-corrected chi connectivity index (χ0v) is 11.7. The fourth-order valence-electron chi connectivity index (χ4n) is 3.17. The topological polar surface area (TPSA) is 15.3 Å². The first-order valence-corrected chi connectivity index (χ1v) is 7.20. The molecule has 1 aliphatic heterocycles. The molecule has 0 aromatic carbocycles. The minimum Gasteiger partial charge on any atom is -0.313 e. The number of nitrogens with one attached hydrogen (secondary N) is 1. The van der Waals surface area contributed by atoms with Crippen molar-refractivity contribution in [2.45, 2.75) is 71.4 Å². The molecule has 1 rings (SSSR count). The zero-order chi connectivity index (χ0) is 12.0. The molecule has 96 valence electrons. The van der Waals surface area contributed by atoms with Crippen molar-refractivity contribution in [2.24, 2.45) is 0 Å². The molecule has 1 fully saturated rings. The second-order valence-corrected chi connectivity index (χ2v) is 5.12. The number of hydrogen-bond acceptors (Lipinski definition) is 2. The largest absolute Gasteiger partial charge is 0.313 e.